The molecule has 0 aliphatic rings. The second-order valence-electron chi connectivity index (χ2n) is 3.75. The van der Waals surface area contributed by atoms with Gasteiger partial charge >= 0.3 is 5.97 Å². The van der Waals surface area contributed by atoms with Crippen molar-refractivity contribution >= 4 is 16.8 Å². The van der Waals surface area contributed by atoms with E-state index in [2.05, 4.69) is 0 Å². The second-order valence-corrected chi connectivity index (χ2v) is 5.19. The van der Waals surface area contributed by atoms with Crippen molar-refractivity contribution in [2.75, 3.05) is 7.11 Å². The van der Waals surface area contributed by atoms with Crippen LogP contribution < -0.4 is 4.74 Å². The van der Waals surface area contributed by atoms with E-state index in [0.717, 1.165) is 0 Å². The molecule has 0 heterocycles. The van der Waals surface area contributed by atoms with Crippen LogP contribution in [-0.2, 0) is 10.8 Å². The summed E-state index contributed by atoms with van der Waals surface area (Å²) in [6.45, 7) is 0. The van der Waals surface area contributed by atoms with Crippen molar-refractivity contribution in [3.63, 3.8) is 0 Å². The van der Waals surface area contributed by atoms with E-state index >= 15 is 0 Å². The zero-order valence-corrected chi connectivity index (χ0v) is 11.0. The molecule has 5 heteroatoms. The Morgan fingerprint density at radius 2 is 1.74 bits per heavy atom. The number of hydrogen-bond acceptors (Lipinski definition) is 3. The molecule has 2 aromatic carbocycles. The van der Waals surface area contributed by atoms with Gasteiger partial charge in [-0.15, -0.1) is 0 Å². The van der Waals surface area contributed by atoms with Crippen LogP contribution in [0.3, 0.4) is 0 Å². The van der Waals surface area contributed by atoms with Gasteiger partial charge in [0.05, 0.1) is 28.4 Å². The number of benzene rings is 2. The first-order chi connectivity index (χ1) is 9.13. The summed E-state index contributed by atoms with van der Waals surface area (Å²) >= 11 is 0. The highest BCUT2D eigenvalue weighted by atomic mass is 32.2. The summed E-state index contributed by atoms with van der Waals surface area (Å²) in [5.41, 5.74) is 0.0525. The fraction of sp³-hybridized carbons (Fsp3) is 0.0714. The van der Waals surface area contributed by atoms with Crippen LogP contribution in [0, 0.1) is 0 Å². The van der Waals surface area contributed by atoms with E-state index in [1.165, 1.54) is 6.07 Å². The van der Waals surface area contributed by atoms with Crippen molar-refractivity contribution in [2.24, 2.45) is 0 Å². The first kappa shape index (κ1) is 13.3. The molecule has 0 saturated heterocycles. The summed E-state index contributed by atoms with van der Waals surface area (Å²) in [5.74, 6) is -0.426. The predicted molar refractivity (Wildman–Crippen MR) is 71.1 cm³/mol. The lowest BCUT2D eigenvalue weighted by molar-refractivity contribution is 0.0693. The van der Waals surface area contributed by atoms with Crippen LogP contribution in [0.25, 0.3) is 0 Å². The Balaban J connectivity index is 2.41. The van der Waals surface area contributed by atoms with Crippen molar-refractivity contribution < 1.29 is 18.8 Å². The molecule has 2 rings (SSSR count). The van der Waals surface area contributed by atoms with E-state index < -0.39 is 16.8 Å². The fourth-order valence-corrected chi connectivity index (χ4v) is 2.83. The highest BCUT2D eigenvalue weighted by Gasteiger charge is 2.16. The van der Waals surface area contributed by atoms with Crippen LogP contribution in [0.5, 0.6) is 5.75 Å². The number of ether oxygens (including phenoxy) is 1. The Morgan fingerprint density at radius 1 is 1.11 bits per heavy atom. The topological polar surface area (TPSA) is 63.6 Å². The van der Waals surface area contributed by atoms with Crippen molar-refractivity contribution in [2.45, 2.75) is 9.79 Å². The van der Waals surface area contributed by atoms with Gasteiger partial charge in [-0.3, -0.25) is 0 Å². The molecule has 98 valence electrons. The van der Waals surface area contributed by atoms with Crippen LogP contribution in [0.4, 0.5) is 0 Å². The Morgan fingerprint density at radius 3 is 2.32 bits per heavy atom. The maximum absolute atomic E-state index is 12.4. The fourth-order valence-electron chi connectivity index (χ4n) is 1.63. The van der Waals surface area contributed by atoms with E-state index in [1.807, 2.05) is 0 Å². The summed E-state index contributed by atoms with van der Waals surface area (Å²) < 4.78 is 17.4. The molecular formula is C14H12O4S. The van der Waals surface area contributed by atoms with Gasteiger partial charge in [-0.2, -0.15) is 0 Å². The average molecular weight is 276 g/mol. The first-order valence-electron chi connectivity index (χ1n) is 5.51. The molecule has 0 amide bonds. The van der Waals surface area contributed by atoms with Crippen LogP contribution in [0.15, 0.2) is 58.3 Å². The van der Waals surface area contributed by atoms with Gasteiger partial charge in [-0.25, -0.2) is 9.00 Å². The molecule has 0 radical (unpaired) electrons. The number of carbonyl (C=O) groups is 1. The predicted octanol–water partition coefficient (Wildman–Crippen LogP) is 2.56. The lowest BCUT2D eigenvalue weighted by atomic mass is 10.2. The molecule has 1 N–H and O–H groups in total. The Hall–Kier alpha value is -2.14. The highest BCUT2D eigenvalue weighted by molar-refractivity contribution is 7.85. The monoisotopic (exact) mass is 276 g/mol. The zero-order valence-electron chi connectivity index (χ0n) is 10.2. The number of methoxy groups -OCH3 is 1. The molecule has 4 nitrogen and oxygen atoms in total. The van der Waals surface area contributed by atoms with Crippen molar-refractivity contribution in [1.29, 1.82) is 0 Å². The van der Waals surface area contributed by atoms with Gasteiger partial charge in [0.1, 0.15) is 5.75 Å². The van der Waals surface area contributed by atoms with Gasteiger partial charge in [0.15, 0.2) is 0 Å². The summed E-state index contributed by atoms with van der Waals surface area (Å²) in [7, 11) is 0.0218. The minimum atomic E-state index is -1.53. The molecule has 1 unspecified atom stereocenters. The lowest BCUT2D eigenvalue weighted by Gasteiger charge is -2.06. The van der Waals surface area contributed by atoms with Crippen LogP contribution in [0.1, 0.15) is 10.4 Å². The van der Waals surface area contributed by atoms with Crippen molar-refractivity contribution in [3.8, 4) is 5.75 Å². The molecule has 2 aromatic rings. The van der Waals surface area contributed by atoms with Gasteiger partial charge in [-0.05, 0) is 36.4 Å². The largest absolute Gasteiger partial charge is 0.497 e. The molecule has 0 aromatic heterocycles. The van der Waals surface area contributed by atoms with E-state index in [1.54, 1.807) is 49.6 Å². The van der Waals surface area contributed by atoms with E-state index in [-0.39, 0.29) is 5.56 Å². The third-order valence-electron chi connectivity index (χ3n) is 2.59. The van der Waals surface area contributed by atoms with E-state index in [4.69, 9.17) is 9.84 Å². The maximum atomic E-state index is 12.4. The molecule has 0 spiro atoms. The van der Waals surface area contributed by atoms with Crippen molar-refractivity contribution in [1.82, 2.24) is 0 Å². The molecule has 0 saturated carbocycles. The van der Waals surface area contributed by atoms with Gasteiger partial charge in [0.25, 0.3) is 0 Å². The normalized spacial score (nSPS) is 11.8. The summed E-state index contributed by atoms with van der Waals surface area (Å²) in [6, 6.07) is 13.0. The Bertz CT molecular complexity index is 620. The maximum Gasteiger partial charge on any atom is 0.336 e. The summed E-state index contributed by atoms with van der Waals surface area (Å²) in [5, 5.41) is 9.09. The van der Waals surface area contributed by atoms with E-state index in [0.29, 0.717) is 15.5 Å². The SMILES string of the molecule is COc1ccc(S(=O)c2ccccc2C(=O)O)cc1. The van der Waals surface area contributed by atoms with Crippen LogP contribution in [-0.4, -0.2) is 22.4 Å². The third kappa shape index (κ3) is 2.82. The lowest BCUT2D eigenvalue weighted by Crippen LogP contribution is -2.04. The number of carboxylic acid groups (broad SMARTS) is 1. The van der Waals surface area contributed by atoms with Gasteiger partial charge in [0.2, 0.25) is 0 Å². The van der Waals surface area contributed by atoms with Gasteiger partial charge in [-0.1, -0.05) is 12.1 Å². The molecule has 0 fully saturated rings. The van der Waals surface area contributed by atoms with Crippen molar-refractivity contribution in [3.05, 3.63) is 54.1 Å². The number of carboxylic acids is 1. The van der Waals surface area contributed by atoms with Gasteiger partial charge in [0, 0.05) is 4.90 Å². The Labute approximate surface area is 113 Å². The molecule has 19 heavy (non-hydrogen) atoms. The molecule has 0 aliphatic carbocycles. The molecular weight excluding hydrogens is 264 g/mol. The standard InChI is InChI=1S/C14H12O4S/c1-18-10-6-8-11(9-7-10)19(17)13-5-3-2-4-12(13)14(15)16/h2-9H,1H3,(H,15,16). The van der Waals surface area contributed by atoms with Gasteiger partial charge < -0.3 is 9.84 Å². The number of aromatic carboxylic acids is 1. The average Bonchev–Trinajstić information content (AvgIpc) is 2.46. The highest BCUT2D eigenvalue weighted by Crippen LogP contribution is 2.22. The molecule has 1 atom stereocenters. The molecule has 0 bridgehead atoms. The molecule has 0 aliphatic heterocycles. The third-order valence-corrected chi connectivity index (χ3v) is 4.05. The summed E-state index contributed by atoms with van der Waals surface area (Å²) in [4.78, 5) is 11.9. The summed E-state index contributed by atoms with van der Waals surface area (Å²) in [6.07, 6.45) is 0. The second kappa shape index (κ2) is 5.67. The number of hydrogen-bond donors (Lipinski definition) is 1. The Kier molecular flexibility index (Phi) is 3.97. The quantitative estimate of drug-likeness (QED) is 0.932. The van der Waals surface area contributed by atoms with Crippen LogP contribution >= 0.6 is 0 Å². The van der Waals surface area contributed by atoms with E-state index in [9.17, 15) is 9.00 Å². The minimum Gasteiger partial charge on any atom is -0.497 e. The number of rotatable bonds is 4. The first-order valence-corrected chi connectivity index (χ1v) is 6.66. The smallest absolute Gasteiger partial charge is 0.336 e. The minimum absolute atomic E-state index is 0.0525. The zero-order chi connectivity index (χ0) is 13.8. The van der Waals surface area contributed by atoms with Crippen LogP contribution in [0.2, 0.25) is 0 Å².